The number of hydrogen-bond acceptors (Lipinski definition) is 3. The van der Waals surface area contributed by atoms with E-state index in [-0.39, 0.29) is 18.1 Å². The zero-order valence-corrected chi connectivity index (χ0v) is 8.59. The molecule has 0 heterocycles. The maximum absolute atomic E-state index is 8.90. The van der Waals surface area contributed by atoms with Gasteiger partial charge in [-0.25, -0.2) is 0 Å². The van der Waals surface area contributed by atoms with Crippen molar-refractivity contribution in [2.24, 2.45) is 11.7 Å². The molecule has 0 bridgehead atoms. The van der Waals surface area contributed by atoms with E-state index in [9.17, 15) is 0 Å². The number of aliphatic hydroxyl groups is 1. The van der Waals surface area contributed by atoms with Crippen LogP contribution < -0.4 is 11.1 Å². The third kappa shape index (κ3) is 4.04. The van der Waals surface area contributed by atoms with Crippen LogP contribution in [-0.4, -0.2) is 29.8 Å². The zero-order chi connectivity index (χ0) is 9.78. The van der Waals surface area contributed by atoms with E-state index in [1.54, 1.807) is 0 Å². The predicted molar refractivity (Wildman–Crippen MR) is 52.0 cm³/mol. The summed E-state index contributed by atoms with van der Waals surface area (Å²) in [5.74, 6) is 0.274. The maximum Gasteiger partial charge on any atom is 0.0471 e. The molecule has 0 rings (SSSR count). The first-order valence-electron chi connectivity index (χ1n) is 4.51. The molecule has 0 saturated heterocycles. The minimum atomic E-state index is -0.0388. The third-order valence-corrected chi connectivity index (χ3v) is 2.27. The Morgan fingerprint density at radius 3 is 2.25 bits per heavy atom. The molecule has 0 amide bonds. The lowest BCUT2D eigenvalue weighted by Gasteiger charge is -2.31. The molecule has 0 aromatic heterocycles. The van der Waals surface area contributed by atoms with E-state index in [0.717, 1.165) is 0 Å². The molecule has 0 radical (unpaired) electrons. The topological polar surface area (TPSA) is 58.3 Å². The normalized spacial score (nSPS) is 17.5. The van der Waals surface area contributed by atoms with Crippen LogP contribution in [0, 0.1) is 5.92 Å². The second kappa shape index (κ2) is 4.80. The molecular weight excluding hydrogens is 152 g/mol. The fourth-order valence-electron chi connectivity index (χ4n) is 0.976. The summed E-state index contributed by atoms with van der Waals surface area (Å²) in [5, 5.41) is 12.3. The van der Waals surface area contributed by atoms with Gasteiger partial charge in [0.1, 0.15) is 0 Å². The van der Waals surface area contributed by atoms with Crippen molar-refractivity contribution in [2.75, 3.05) is 13.2 Å². The Labute approximate surface area is 75.3 Å². The van der Waals surface area contributed by atoms with Gasteiger partial charge in [-0.3, -0.25) is 0 Å². The van der Waals surface area contributed by atoms with Gasteiger partial charge in [-0.15, -0.1) is 0 Å². The van der Waals surface area contributed by atoms with Gasteiger partial charge in [-0.05, 0) is 26.7 Å². The molecule has 0 saturated carbocycles. The molecular formula is C9H22N2O. The first-order chi connectivity index (χ1) is 5.43. The fourth-order valence-corrected chi connectivity index (χ4v) is 0.976. The van der Waals surface area contributed by atoms with Crippen molar-refractivity contribution in [3.05, 3.63) is 0 Å². The van der Waals surface area contributed by atoms with Crippen LogP contribution in [0.5, 0.6) is 0 Å². The van der Waals surface area contributed by atoms with Crippen LogP contribution >= 0.6 is 0 Å². The van der Waals surface area contributed by atoms with Crippen LogP contribution in [0.2, 0.25) is 0 Å². The SMILES string of the molecule is CC(CO)C(C)NC(C)(C)CN. The number of nitrogens with one attached hydrogen (secondary N) is 1. The van der Waals surface area contributed by atoms with Gasteiger partial charge >= 0.3 is 0 Å². The highest BCUT2D eigenvalue weighted by molar-refractivity contribution is 4.83. The van der Waals surface area contributed by atoms with Gasteiger partial charge in [0.05, 0.1) is 0 Å². The summed E-state index contributed by atoms with van der Waals surface area (Å²) >= 11 is 0. The fraction of sp³-hybridized carbons (Fsp3) is 1.00. The zero-order valence-electron chi connectivity index (χ0n) is 8.59. The summed E-state index contributed by atoms with van der Waals surface area (Å²) in [5.41, 5.74) is 5.53. The lowest BCUT2D eigenvalue weighted by molar-refractivity contribution is 0.189. The van der Waals surface area contributed by atoms with Gasteiger partial charge < -0.3 is 16.2 Å². The van der Waals surface area contributed by atoms with Gasteiger partial charge in [-0.1, -0.05) is 6.92 Å². The van der Waals surface area contributed by atoms with E-state index in [1.807, 2.05) is 6.92 Å². The smallest absolute Gasteiger partial charge is 0.0471 e. The first kappa shape index (κ1) is 11.9. The molecule has 0 aliphatic carbocycles. The van der Waals surface area contributed by atoms with E-state index >= 15 is 0 Å². The van der Waals surface area contributed by atoms with Crippen LogP contribution in [0.3, 0.4) is 0 Å². The highest BCUT2D eigenvalue weighted by atomic mass is 16.3. The van der Waals surface area contributed by atoms with E-state index in [2.05, 4.69) is 26.1 Å². The van der Waals surface area contributed by atoms with Crippen LogP contribution in [-0.2, 0) is 0 Å². The molecule has 3 nitrogen and oxygen atoms in total. The van der Waals surface area contributed by atoms with Gasteiger partial charge in [0.25, 0.3) is 0 Å². The van der Waals surface area contributed by atoms with Crippen molar-refractivity contribution in [3.8, 4) is 0 Å². The van der Waals surface area contributed by atoms with Crippen LogP contribution in [0.15, 0.2) is 0 Å². The molecule has 74 valence electrons. The Hall–Kier alpha value is -0.120. The summed E-state index contributed by atoms with van der Waals surface area (Å²) in [7, 11) is 0. The van der Waals surface area contributed by atoms with E-state index < -0.39 is 0 Å². The Morgan fingerprint density at radius 1 is 1.42 bits per heavy atom. The largest absolute Gasteiger partial charge is 0.396 e. The molecule has 2 atom stereocenters. The van der Waals surface area contributed by atoms with Crippen LogP contribution in [0.25, 0.3) is 0 Å². The van der Waals surface area contributed by atoms with Gasteiger partial charge in [0.15, 0.2) is 0 Å². The Bertz CT molecular complexity index is 126. The molecule has 4 N–H and O–H groups in total. The number of aliphatic hydroxyl groups excluding tert-OH is 1. The minimum Gasteiger partial charge on any atom is -0.396 e. The van der Waals surface area contributed by atoms with E-state index in [1.165, 1.54) is 0 Å². The number of nitrogens with two attached hydrogens (primary N) is 1. The third-order valence-electron chi connectivity index (χ3n) is 2.27. The van der Waals surface area contributed by atoms with Gasteiger partial charge in [0.2, 0.25) is 0 Å². The monoisotopic (exact) mass is 174 g/mol. The van der Waals surface area contributed by atoms with Crippen molar-refractivity contribution in [1.82, 2.24) is 5.32 Å². The molecule has 0 aromatic carbocycles. The Kier molecular flexibility index (Phi) is 4.75. The summed E-state index contributed by atoms with van der Waals surface area (Å²) in [6, 6.07) is 0.300. The standard InChI is InChI=1S/C9H22N2O/c1-7(5-12)8(2)11-9(3,4)6-10/h7-8,11-12H,5-6,10H2,1-4H3. The number of hydrogen-bond donors (Lipinski definition) is 3. The minimum absolute atomic E-state index is 0.0388. The van der Waals surface area contributed by atoms with E-state index in [0.29, 0.717) is 12.6 Å². The maximum atomic E-state index is 8.90. The van der Waals surface area contributed by atoms with Crippen LogP contribution in [0.4, 0.5) is 0 Å². The van der Waals surface area contributed by atoms with Crippen molar-refractivity contribution < 1.29 is 5.11 Å². The van der Waals surface area contributed by atoms with Crippen molar-refractivity contribution in [2.45, 2.75) is 39.3 Å². The molecule has 12 heavy (non-hydrogen) atoms. The second-order valence-corrected chi connectivity index (χ2v) is 4.18. The predicted octanol–water partition coefficient (Wildman–Crippen LogP) is 0.330. The lowest BCUT2D eigenvalue weighted by Crippen LogP contribution is -2.52. The Balaban J connectivity index is 3.90. The molecule has 2 unspecified atom stereocenters. The van der Waals surface area contributed by atoms with Crippen LogP contribution in [0.1, 0.15) is 27.7 Å². The highest BCUT2D eigenvalue weighted by Crippen LogP contribution is 2.07. The summed E-state index contributed by atoms with van der Waals surface area (Å²) in [6.07, 6.45) is 0. The molecule has 0 aromatic rings. The van der Waals surface area contributed by atoms with Crippen molar-refractivity contribution in [1.29, 1.82) is 0 Å². The average molecular weight is 174 g/mol. The average Bonchev–Trinajstić information content (AvgIpc) is 2.02. The lowest BCUT2D eigenvalue weighted by atomic mass is 9.99. The van der Waals surface area contributed by atoms with E-state index in [4.69, 9.17) is 10.8 Å². The highest BCUT2D eigenvalue weighted by Gasteiger charge is 2.20. The quantitative estimate of drug-likeness (QED) is 0.563. The summed E-state index contributed by atoms with van der Waals surface area (Å²) in [6.45, 7) is 9.04. The summed E-state index contributed by atoms with van der Waals surface area (Å²) in [4.78, 5) is 0. The molecule has 0 fully saturated rings. The Morgan fingerprint density at radius 2 is 1.92 bits per heavy atom. The number of rotatable bonds is 5. The van der Waals surface area contributed by atoms with Crippen molar-refractivity contribution >= 4 is 0 Å². The second-order valence-electron chi connectivity index (χ2n) is 4.18. The molecule has 0 spiro atoms. The molecule has 3 heteroatoms. The van der Waals surface area contributed by atoms with Gasteiger partial charge in [-0.2, -0.15) is 0 Å². The van der Waals surface area contributed by atoms with Gasteiger partial charge in [0, 0.05) is 24.7 Å². The summed E-state index contributed by atoms with van der Waals surface area (Å²) < 4.78 is 0. The molecule has 0 aliphatic heterocycles. The van der Waals surface area contributed by atoms with Crippen molar-refractivity contribution in [3.63, 3.8) is 0 Å². The first-order valence-corrected chi connectivity index (χ1v) is 4.51. The molecule has 0 aliphatic rings.